The van der Waals surface area contributed by atoms with E-state index < -0.39 is 29.3 Å². The topological polar surface area (TPSA) is 85.5 Å². The second kappa shape index (κ2) is 13.4. The molecule has 10 heteroatoms. The summed E-state index contributed by atoms with van der Waals surface area (Å²) in [7, 11) is 0. The summed E-state index contributed by atoms with van der Waals surface area (Å²) in [6.45, 7) is 15.4. The summed E-state index contributed by atoms with van der Waals surface area (Å²) in [4.78, 5) is 20.3. The molecule has 2 atom stereocenters. The number of aliphatic carboxylic acids is 1. The zero-order valence-electron chi connectivity index (χ0n) is 29.5. The number of anilines is 1. The van der Waals surface area contributed by atoms with E-state index in [1.54, 1.807) is 6.07 Å². The molecule has 1 fully saturated rings. The number of piperidine rings is 1. The molecule has 0 saturated carbocycles. The molecule has 0 amide bonds. The van der Waals surface area contributed by atoms with Crippen molar-refractivity contribution in [1.82, 2.24) is 9.38 Å². The van der Waals surface area contributed by atoms with Crippen LogP contribution in [0, 0.1) is 25.5 Å². The molecule has 3 aliphatic rings. The maximum Gasteiger partial charge on any atom is 0.337 e. The minimum Gasteiger partial charge on any atom is -0.490 e. The van der Waals surface area contributed by atoms with Gasteiger partial charge >= 0.3 is 5.97 Å². The normalized spacial score (nSPS) is 21.0. The molecule has 0 spiro atoms. The summed E-state index contributed by atoms with van der Waals surface area (Å²) < 4.78 is 51.0. The first-order valence-electron chi connectivity index (χ1n) is 17.2. The molecule has 2 unspecified atom stereocenters. The fourth-order valence-electron chi connectivity index (χ4n) is 7.06. The van der Waals surface area contributed by atoms with Crippen LogP contribution in [0.4, 0.5) is 14.6 Å². The highest BCUT2D eigenvalue weighted by atomic mass is 19.1. The summed E-state index contributed by atoms with van der Waals surface area (Å²) in [5.41, 5.74) is 3.95. The summed E-state index contributed by atoms with van der Waals surface area (Å²) in [5.74, 6) is -1.59. The largest absolute Gasteiger partial charge is 0.490 e. The molecule has 0 radical (unpaired) electrons. The second-order valence-corrected chi connectivity index (χ2v) is 14.8. The van der Waals surface area contributed by atoms with Gasteiger partial charge in [0.25, 0.3) is 0 Å². The first-order valence-corrected chi connectivity index (χ1v) is 17.2. The summed E-state index contributed by atoms with van der Waals surface area (Å²) in [6, 6.07) is 9.46. The van der Waals surface area contributed by atoms with Crippen molar-refractivity contribution in [3.63, 3.8) is 0 Å². The van der Waals surface area contributed by atoms with E-state index in [0.29, 0.717) is 48.6 Å². The smallest absolute Gasteiger partial charge is 0.337 e. The number of pyridine rings is 1. The van der Waals surface area contributed by atoms with Gasteiger partial charge in [-0.05, 0) is 103 Å². The Kier molecular flexibility index (Phi) is 9.50. The van der Waals surface area contributed by atoms with E-state index in [0.717, 1.165) is 54.3 Å². The molecule has 6 bridgehead atoms. The third-order valence-electron chi connectivity index (χ3n) is 9.80. The Morgan fingerprint density at radius 1 is 1.08 bits per heavy atom. The van der Waals surface area contributed by atoms with Gasteiger partial charge in [-0.25, -0.2) is 18.6 Å². The average molecular weight is 676 g/mol. The Labute approximate surface area is 287 Å². The number of rotatable bonds is 3. The zero-order valence-corrected chi connectivity index (χ0v) is 29.5. The van der Waals surface area contributed by atoms with Gasteiger partial charge in [0.15, 0.2) is 6.10 Å². The quantitative estimate of drug-likeness (QED) is 0.232. The highest BCUT2D eigenvalue weighted by Gasteiger charge is 2.38. The number of benzene rings is 2. The zero-order chi connectivity index (χ0) is 35.2. The fourth-order valence-corrected chi connectivity index (χ4v) is 7.06. The molecule has 8 nitrogen and oxygen atoms in total. The predicted octanol–water partition coefficient (Wildman–Crippen LogP) is 8.83. The van der Waals surface area contributed by atoms with Crippen molar-refractivity contribution in [2.75, 3.05) is 24.6 Å². The maximum atomic E-state index is 15.5. The third-order valence-corrected chi connectivity index (χ3v) is 9.80. The van der Waals surface area contributed by atoms with Crippen LogP contribution in [-0.2, 0) is 14.3 Å². The van der Waals surface area contributed by atoms with Crippen LogP contribution in [0.3, 0.4) is 0 Å². The molecule has 2 aromatic heterocycles. The molecule has 5 heterocycles. The average Bonchev–Trinajstić information content (AvgIpc) is 3.47. The van der Waals surface area contributed by atoms with Gasteiger partial charge in [-0.1, -0.05) is 18.2 Å². The Morgan fingerprint density at radius 2 is 1.80 bits per heavy atom. The molecule has 0 aliphatic carbocycles. The Balaban J connectivity index is 1.58. The van der Waals surface area contributed by atoms with Crippen LogP contribution >= 0.6 is 0 Å². The second-order valence-electron chi connectivity index (χ2n) is 14.8. The van der Waals surface area contributed by atoms with E-state index in [2.05, 4.69) is 11.8 Å². The van der Waals surface area contributed by atoms with Gasteiger partial charge in [0, 0.05) is 49.2 Å². The molecule has 2 aromatic carbocycles. The lowest BCUT2D eigenvalue weighted by molar-refractivity contribution is -0.160. The number of carboxylic acids is 1. The number of hydrogen-bond donors (Lipinski definition) is 1. The predicted molar refractivity (Wildman–Crippen MR) is 186 cm³/mol. The maximum absolute atomic E-state index is 15.5. The number of imidazole rings is 1. The lowest BCUT2D eigenvalue weighted by Gasteiger charge is -2.42. The van der Waals surface area contributed by atoms with E-state index in [1.807, 2.05) is 70.3 Å². The van der Waals surface area contributed by atoms with E-state index in [9.17, 15) is 14.3 Å². The molecule has 7 rings (SSSR count). The van der Waals surface area contributed by atoms with E-state index in [-0.39, 0.29) is 23.0 Å². The summed E-state index contributed by atoms with van der Waals surface area (Å²) in [6.07, 6.45) is 4.32. The number of hydrogen-bond acceptors (Lipinski definition) is 6. The van der Waals surface area contributed by atoms with Gasteiger partial charge in [-0.3, -0.25) is 4.40 Å². The fraction of sp³-hybridized carbons (Fsp3) is 0.487. The lowest BCUT2D eigenvalue weighted by Crippen LogP contribution is -2.45. The summed E-state index contributed by atoms with van der Waals surface area (Å²) in [5, 5.41) is 10.6. The van der Waals surface area contributed by atoms with Crippen LogP contribution in [-0.4, -0.2) is 57.5 Å². The van der Waals surface area contributed by atoms with Gasteiger partial charge in [0.2, 0.25) is 0 Å². The number of carboxylic acid groups (broad SMARTS) is 1. The van der Waals surface area contributed by atoms with Crippen LogP contribution in [0.1, 0.15) is 89.5 Å². The number of nitrogens with zero attached hydrogens (tertiary/aromatic N) is 3. The van der Waals surface area contributed by atoms with Crippen molar-refractivity contribution in [2.45, 2.75) is 104 Å². The number of aryl methyl sites for hydroxylation is 1. The van der Waals surface area contributed by atoms with Crippen molar-refractivity contribution >= 4 is 17.4 Å². The van der Waals surface area contributed by atoms with Gasteiger partial charge in [0.05, 0.1) is 28.6 Å². The lowest BCUT2D eigenvalue weighted by atomic mass is 9.92. The number of halogens is 2. The van der Waals surface area contributed by atoms with Gasteiger partial charge in [0.1, 0.15) is 28.8 Å². The Bertz CT molecular complexity index is 1870. The first-order chi connectivity index (χ1) is 23.1. The van der Waals surface area contributed by atoms with Gasteiger partial charge in [-0.2, -0.15) is 0 Å². The van der Waals surface area contributed by atoms with Crippen molar-refractivity contribution in [2.24, 2.45) is 0 Å². The standard InChI is InChI=1S/C39H47F2N3O5/c1-23-11-8-9-18-47-39(7)14-16-43(17-15-39)36-32(34(37(45)46)49-38(4,5)6)24(2)25(3)35-42-30(22-44(35)36)26-12-10-13-27(19-26)33-29(41)20-28(40)21-31(33)48-23/h10,12-13,19-23,34H,8-9,11,14-18H2,1-7H3,(H,45,46). The monoisotopic (exact) mass is 675 g/mol. The minimum absolute atomic E-state index is 0.150. The van der Waals surface area contributed by atoms with Crippen LogP contribution < -0.4 is 9.64 Å². The SMILES string of the molecule is Cc1c(C(OC(C)(C)C)C(=O)O)c2n3cc(nc3c1C)-c1cccc(c1)-c1c(F)cc(F)cc1OC(C)CCCCOC1(C)CCN2CC1. The number of ether oxygens (including phenoxy) is 3. The van der Waals surface area contributed by atoms with Crippen LogP contribution in [0.5, 0.6) is 5.75 Å². The number of carbonyl (C=O) groups is 1. The summed E-state index contributed by atoms with van der Waals surface area (Å²) >= 11 is 0. The van der Waals surface area contributed by atoms with Crippen LogP contribution in [0.2, 0.25) is 0 Å². The minimum atomic E-state index is -1.22. The Morgan fingerprint density at radius 3 is 2.49 bits per heavy atom. The van der Waals surface area contributed by atoms with Crippen molar-refractivity contribution in [1.29, 1.82) is 0 Å². The van der Waals surface area contributed by atoms with E-state index in [1.165, 1.54) is 6.07 Å². The van der Waals surface area contributed by atoms with Gasteiger partial charge in [-0.15, -0.1) is 0 Å². The highest BCUT2D eigenvalue weighted by Crippen LogP contribution is 2.42. The van der Waals surface area contributed by atoms with Crippen molar-refractivity contribution in [3.05, 3.63) is 70.9 Å². The van der Waals surface area contributed by atoms with E-state index in [4.69, 9.17) is 19.2 Å². The Hall–Kier alpha value is -4.02. The molecule has 1 N–H and O–H groups in total. The van der Waals surface area contributed by atoms with Crippen LogP contribution in [0.15, 0.2) is 42.6 Å². The molecule has 262 valence electrons. The molecule has 4 aromatic rings. The molecular weight excluding hydrogens is 628 g/mol. The molecule has 49 heavy (non-hydrogen) atoms. The highest BCUT2D eigenvalue weighted by molar-refractivity contribution is 5.82. The number of fused-ring (bicyclic) bond motifs is 8. The van der Waals surface area contributed by atoms with E-state index >= 15 is 4.39 Å². The molecule has 3 aliphatic heterocycles. The number of aromatic nitrogens is 2. The molecular formula is C39H47F2N3O5. The van der Waals surface area contributed by atoms with Crippen molar-refractivity contribution in [3.8, 4) is 28.1 Å². The molecule has 1 saturated heterocycles. The van der Waals surface area contributed by atoms with Crippen molar-refractivity contribution < 1.29 is 32.9 Å². The first kappa shape index (κ1) is 34.8. The van der Waals surface area contributed by atoms with Crippen LogP contribution in [0.25, 0.3) is 28.0 Å². The van der Waals surface area contributed by atoms with Gasteiger partial charge < -0.3 is 24.2 Å². The third kappa shape index (κ3) is 7.17.